The van der Waals surface area contributed by atoms with Crippen molar-refractivity contribution in [1.82, 2.24) is 19.5 Å². The zero-order valence-electron chi connectivity index (χ0n) is 17.9. The number of H-pyrrole nitrogens is 1. The molecule has 0 unspecified atom stereocenters. The highest BCUT2D eigenvalue weighted by atomic mass is 16.5. The number of aromatic nitrogens is 4. The normalized spacial score (nSPS) is 11.5. The summed E-state index contributed by atoms with van der Waals surface area (Å²) in [6.07, 6.45) is 1.77. The van der Waals surface area contributed by atoms with Crippen LogP contribution in [0, 0.1) is 50.4 Å². The maximum absolute atomic E-state index is 9.78. The number of fused-ring (bicyclic) bond motifs is 1. The molecule has 0 aliphatic carbocycles. The molecule has 0 spiro atoms. The number of hydrogen-bond donors (Lipinski definition) is 1. The van der Waals surface area contributed by atoms with E-state index < -0.39 is 0 Å². The fourth-order valence-corrected chi connectivity index (χ4v) is 3.57. The summed E-state index contributed by atoms with van der Waals surface area (Å²) in [5.41, 5.74) is 5.45. The van der Waals surface area contributed by atoms with Gasteiger partial charge < -0.3 is 14.1 Å². The van der Waals surface area contributed by atoms with Gasteiger partial charge in [-0.05, 0) is 51.5 Å². The number of imidazole rings is 1. The quantitative estimate of drug-likeness (QED) is 0.493. The molecule has 31 heavy (non-hydrogen) atoms. The average Bonchev–Trinajstić information content (AvgIpc) is 3.39. The molecule has 0 fully saturated rings. The van der Waals surface area contributed by atoms with Gasteiger partial charge in [0.2, 0.25) is 11.8 Å². The number of aryl methyl sites for hydroxylation is 2. The summed E-state index contributed by atoms with van der Waals surface area (Å²) in [4.78, 5) is 11.9. The predicted octanol–water partition coefficient (Wildman–Crippen LogP) is 4.52. The number of aromatic amines is 1. The number of furan rings is 1. The van der Waals surface area contributed by atoms with Gasteiger partial charge in [-0.15, -0.1) is 0 Å². The molecule has 0 aromatic carbocycles. The number of rotatable bonds is 4. The standard InChI is InChI=1S/C23H20N6O2/c1-12-8-16(14(3)29(12)23-18(11-25)13(2)15(4)31-23)9-17(10-24)21-26-19-6-7-20(30-5)27-22(19)28-21/h6-9H,1-5H3,(H,26,27,28). The first kappa shape index (κ1) is 20.0. The summed E-state index contributed by atoms with van der Waals surface area (Å²) in [7, 11) is 1.54. The largest absolute Gasteiger partial charge is 0.481 e. The van der Waals surface area contributed by atoms with Crippen LogP contribution >= 0.6 is 0 Å². The Hall–Kier alpha value is -4.30. The van der Waals surface area contributed by atoms with Crippen LogP contribution in [-0.4, -0.2) is 26.6 Å². The molecule has 0 radical (unpaired) electrons. The van der Waals surface area contributed by atoms with Gasteiger partial charge in [0.25, 0.3) is 0 Å². The number of methoxy groups -OCH3 is 1. The molecule has 0 bridgehead atoms. The molecular weight excluding hydrogens is 392 g/mol. The fourth-order valence-electron chi connectivity index (χ4n) is 3.57. The van der Waals surface area contributed by atoms with E-state index >= 15 is 0 Å². The molecule has 4 heterocycles. The molecule has 0 aliphatic heterocycles. The van der Waals surface area contributed by atoms with Crippen molar-refractivity contribution >= 4 is 22.8 Å². The van der Waals surface area contributed by atoms with Crippen molar-refractivity contribution in [1.29, 1.82) is 10.5 Å². The Bertz CT molecular complexity index is 1440. The second-order valence-electron chi connectivity index (χ2n) is 7.21. The van der Waals surface area contributed by atoms with Gasteiger partial charge in [-0.25, -0.2) is 4.98 Å². The molecule has 4 aromatic heterocycles. The number of hydrogen-bond acceptors (Lipinski definition) is 6. The van der Waals surface area contributed by atoms with Gasteiger partial charge in [0, 0.05) is 23.0 Å². The summed E-state index contributed by atoms with van der Waals surface area (Å²) in [5.74, 6) is 2.08. The summed E-state index contributed by atoms with van der Waals surface area (Å²) >= 11 is 0. The minimum Gasteiger partial charge on any atom is -0.481 e. The minimum atomic E-state index is 0.365. The number of allylic oxidation sites excluding steroid dienone is 1. The molecule has 154 valence electrons. The van der Waals surface area contributed by atoms with Crippen LogP contribution in [0.4, 0.5) is 0 Å². The van der Waals surface area contributed by atoms with Gasteiger partial charge in [-0.2, -0.15) is 15.5 Å². The Morgan fingerprint density at radius 2 is 1.97 bits per heavy atom. The van der Waals surface area contributed by atoms with Crippen LogP contribution in [0.2, 0.25) is 0 Å². The molecular formula is C23H20N6O2. The van der Waals surface area contributed by atoms with Crippen molar-refractivity contribution in [3.05, 3.63) is 57.9 Å². The maximum Gasteiger partial charge on any atom is 0.222 e. The zero-order valence-corrected chi connectivity index (χ0v) is 17.9. The van der Waals surface area contributed by atoms with E-state index in [9.17, 15) is 10.5 Å². The first-order chi connectivity index (χ1) is 14.9. The van der Waals surface area contributed by atoms with Crippen LogP contribution in [0.5, 0.6) is 5.88 Å². The van der Waals surface area contributed by atoms with Crippen LogP contribution < -0.4 is 4.74 Å². The molecule has 4 aromatic rings. The molecule has 0 aliphatic rings. The van der Waals surface area contributed by atoms with Gasteiger partial charge >= 0.3 is 0 Å². The first-order valence-electron chi connectivity index (χ1n) is 9.60. The molecule has 0 amide bonds. The van der Waals surface area contributed by atoms with E-state index in [2.05, 4.69) is 27.1 Å². The Labute approximate surface area is 179 Å². The molecule has 4 rings (SSSR count). The number of nitrogens with one attached hydrogen (secondary N) is 1. The van der Waals surface area contributed by atoms with Crippen molar-refractivity contribution in [2.45, 2.75) is 27.7 Å². The number of nitrogens with zero attached hydrogens (tertiary/aromatic N) is 5. The highest BCUT2D eigenvalue weighted by Crippen LogP contribution is 2.30. The zero-order chi connectivity index (χ0) is 22.3. The lowest BCUT2D eigenvalue weighted by atomic mass is 10.1. The van der Waals surface area contributed by atoms with Crippen LogP contribution in [0.3, 0.4) is 0 Å². The lowest BCUT2D eigenvalue weighted by Gasteiger charge is -2.06. The van der Waals surface area contributed by atoms with Crippen LogP contribution in [0.1, 0.15) is 39.7 Å². The van der Waals surface area contributed by atoms with Gasteiger partial charge in [0.1, 0.15) is 34.8 Å². The van der Waals surface area contributed by atoms with Gasteiger partial charge in [-0.3, -0.25) is 4.57 Å². The van der Waals surface area contributed by atoms with E-state index in [4.69, 9.17) is 9.15 Å². The van der Waals surface area contributed by atoms with E-state index in [1.165, 1.54) is 0 Å². The Morgan fingerprint density at radius 1 is 1.19 bits per heavy atom. The average molecular weight is 412 g/mol. The first-order valence-corrected chi connectivity index (χ1v) is 9.60. The summed E-state index contributed by atoms with van der Waals surface area (Å²) in [6, 6.07) is 9.90. The molecule has 1 N–H and O–H groups in total. The maximum atomic E-state index is 9.78. The molecule has 0 atom stereocenters. The van der Waals surface area contributed by atoms with Gasteiger partial charge in [-0.1, -0.05) is 0 Å². The van der Waals surface area contributed by atoms with E-state index in [1.54, 1.807) is 25.3 Å². The van der Waals surface area contributed by atoms with Crippen molar-refractivity contribution in [2.75, 3.05) is 7.11 Å². The van der Waals surface area contributed by atoms with E-state index in [0.29, 0.717) is 45.6 Å². The topological polar surface area (TPSA) is 116 Å². The second kappa shape index (κ2) is 7.51. The lowest BCUT2D eigenvalue weighted by Crippen LogP contribution is -2.00. The smallest absolute Gasteiger partial charge is 0.222 e. The van der Waals surface area contributed by atoms with E-state index in [-0.39, 0.29) is 0 Å². The molecule has 8 nitrogen and oxygen atoms in total. The van der Waals surface area contributed by atoms with Crippen molar-refractivity contribution in [3.63, 3.8) is 0 Å². The highest BCUT2D eigenvalue weighted by Gasteiger charge is 2.20. The van der Waals surface area contributed by atoms with E-state index in [0.717, 1.165) is 22.5 Å². The Kier molecular flexibility index (Phi) is 4.84. The third-order valence-electron chi connectivity index (χ3n) is 5.35. The molecule has 0 saturated heterocycles. The predicted molar refractivity (Wildman–Crippen MR) is 116 cm³/mol. The Morgan fingerprint density at radius 3 is 2.65 bits per heavy atom. The molecule has 0 saturated carbocycles. The monoisotopic (exact) mass is 412 g/mol. The number of ether oxygens (including phenoxy) is 1. The minimum absolute atomic E-state index is 0.365. The van der Waals surface area contributed by atoms with Crippen molar-refractivity contribution < 1.29 is 9.15 Å². The summed E-state index contributed by atoms with van der Waals surface area (Å²) in [5, 5.41) is 19.4. The van der Waals surface area contributed by atoms with Gasteiger partial charge in [0.15, 0.2) is 5.65 Å². The van der Waals surface area contributed by atoms with Crippen LogP contribution in [0.15, 0.2) is 22.6 Å². The third kappa shape index (κ3) is 3.24. The van der Waals surface area contributed by atoms with Crippen LogP contribution in [-0.2, 0) is 0 Å². The lowest BCUT2D eigenvalue weighted by molar-refractivity contribution is 0.399. The van der Waals surface area contributed by atoms with Crippen molar-refractivity contribution in [2.24, 2.45) is 0 Å². The summed E-state index contributed by atoms with van der Waals surface area (Å²) < 4.78 is 12.9. The van der Waals surface area contributed by atoms with Gasteiger partial charge in [0.05, 0.1) is 12.7 Å². The van der Waals surface area contributed by atoms with Crippen molar-refractivity contribution in [3.8, 4) is 23.9 Å². The highest BCUT2D eigenvalue weighted by molar-refractivity contribution is 5.90. The van der Waals surface area contributed by atoms with Crippen LogP contribution in [0.25, 0.3) is 28.7 Å². The fraction of sp³-hybridized carbons (Fsp3) is 0.217. The third-order valence-corrected chi connectivity index (χ3v) is 5.35. The number of pyridine rings is 1. The second-order valence-corrected chi connectivity index (χ2v) is 7.21. The Balaban J connectivity index is 1.82. The summed E-state index contributed by atoms with van der Waals surface area (Å²) in [6.45, 7) is 7.57. The van der Waals surface area contributed by atoms with E-state index in [1.807, 2.05) is 38.3 Å². The SMILES string of the molecule is COc1ccc2nc(C(C#N)=Cc3cc(C)n(-c4oc(C)c(C)c4C#N)c3C)[nH]c2n1. The number of nitriles is 2. The molecule has 8 heteroatoms.